The highest BCUT2D eigenvalue weighted by Crippen LogP contribution is 2.34. The number of rotatable bonds is 9. The third kappa shape index (κ3) is 4.30. The van der Waals surface area contributed by atoms with Gasteiger partial charge in [-0.1, -0.05) is 26.7 Å². The number of aliphatic carboxylic acids is 1. The predicted molar refractivity (Wildman–Crippen MR) is 70.1 cm³/mol. The molecule has 0 aromatic heterocycles. The third-order valence-corrected chi connectivity index (χ3v) is 4.30. The lowest BCUT2D eigenvalue weighted by molar-refractivity contribution is -0.149. The van der Waals surface area contributed by atoms with E-state index in [2.05, 4.69) is 12.2 Å². The summed E-state index contributed by atoms with van der Waals surface area (Å²) in [5.74, 6) is 0.297. The molecule has 2 N–H and O–H groups in total. The molecule has 1 fully saturated rings. The molecule has 1 atom stereocenters. The molecule has 100 valence electrons. The Balaban J connectivity index is 2.31. The van der Waals surface area contributed by atoms with Crippen LogP contribution in [0.25, 0.3) is 0 Å². The van der Waals surface area contributed by atoms with Gasteiger partial charge in [-0.2, -0.15) is 0 Å². The maximum Gasteiger partial charge on any atom is 0.310 e. The van der Waals surface area contributed by atoms with Gasteiger partial charge in [-0.25, -0.2) is 0 Å². The molecule has 1 saturated carbocycles. The van der Waals surface area contributed by atoms with Crippen molar-refractivity contribution in [2.45, 2.75) is 65.3 Å². The van der Waals surface area contributed by atoms with Gasteiger partial charge in [-0.15, -0.1) is 0 Å². The molecule has 3 heteroatoms. The van der Waals surface area contributed by atoms with E-state index in [1.165, 1.54) is 25.7 Å². The molecule has 1 rings (SSSR count). The molecule has 1 aliphatic rings. The van der Waals surface area contributed by atoms with Crippen molar-refractivity contribution < 1.29 is 9.90 Å². The molecule has 0 bridgehead atoms. The van der Waals surface area contributed by atoms with Crippen LogP contribution in [-0.2, 0) is 4.79 Å². The van der Waals surface area contributed by atoms with E-state index in [0.29, 0.717) is 25.4 Å². The fourth-order valence-corrected chi connectivity index (χ4v) is 2.24. The lowest BCUT2D eigenvalue weighted by atomic mass is 9.82. The smallest absolute Gasteiger partial charge is 0.310 e. The minimum absolute atomic E-state index is 0.437. The van der Waals surface area contributed by atoms with Gasteiger partial charge in [0.2, 0.25) is 0 Å². The Morgan fingerprint density at radius 2 is 2.00 bits per heavy atom. The van der Waals surface area contributed by atoms with E-state index < -0.39 is 11.4 Å². The zero-order valence-electron chi connectivity index (χ0n) is 11.5. The molecule has 0 aromatic rings. The molecule has 0 radical (unpaired) electrons. The van der Waals surface area contributed by atoms with Crippen LogP contribution < -0.4 is 5.32 Å². The van der Waals surface area contributed by atoms with E-state index in [1.807, 2.05) is 13.8 Å². The van der Waals surface area contributed by atoms with Crippen molar-refractivity contribution in [1.82, 2.24) is 5.32 Å². The molecule has 3 nitrogen and oxygen atoms in total. The lowest BCUT2D eigenvalue weighted by Gasteiger charge is -2.28. The van der Waals surface area contributed by atoms with E-state index in [1.54, 1.807) is 0 Å². The van der Waals surface area contributed by atoms with Crippen LogP contribution in [0.4, 0.5) is 0 Å². The van der Waals surface area contributed by atoms with Gasteiger partial charge in [0.05, 0.1) is 5.41 Å². The van der Waals surface area contributed by atoms with Crippen LogP contribution in [0.1, 0.15) is 59.3 Å². The first-order chi connectivity index (χ1) is 8.04. The summed E-state index contributed by atoms with van der Waals surface area (Å²) >= 11 is 0. The van der Waals surface area contributed by atoms with Crippen LogP contribution in [0, 0.1) is 11.3 Å². The first-order valence-electron chi connectivity index (χ1n) is 7.01. The van der Waals surface area contributed by atoms with Crippen molar-refractivity contribution in [3.05, 3.63) is 0 Å². The van der Waals surface area contributed by atoms with E-state index in [9.17, 15) is 9.90 Å². The Morgan fingerprint density at radius 1 is 1.41 bits per heavy atom. The lowest BCUT2D eigenvalue weighted by Crippen LogP contribution is -2.43. The van der Waals surface area contributed by atoms with Gasteiger partial charge >= 0.3 is 5.97 Å². The highest BCUT2D eigenvalue weighted by atomic mass is 16.4. The van der Waals surface area contributed by atoms with E-state index in [0.717, 1.165) is 5.92 Å². The van der Waals surface area contributed by atoms with Crippen molar-refractivity contribution in [1.29, 1.82) is 0 Å². The van der Waals surface area contributed by atoms with Crippen molar-refractivity contribution >= 4 is 5.97 Å². The number of hydrogen-bond donors (Lipinski definition) is 2. The molecule has 1 unspecified atom stereocenters. The fourth-order valence-electron chi connectivity index (χ4n) is 2.24. The number of carboxylic acids is 1. The quantitative estimate of drug-likeness (QED) is 0.652. The van der Waals surface area contributed by atoms with Crippen molar-refractivity contribution in [3.63, 3.8) is 0 Å². The van der Waals surface area contributed by atoms with Crippen LogP contribution in [-0.4, -0.2) is 23.7 Å². The van der Waals surface area contributed by atoms with Gasteiger partial charge in [-0.3, -0.25) is 4.79 Å². The number of nitrogens with one attached hydrogen (secondary N) is 1. The first kappa shape index (κ1) is 14.5. The summed E-state index contributed by atoms with van der Waals surface area (Å²) in [4.78, 5) is 11.3. The predicted octanol–water partition coefficient (Wildman–Crippen LogP) is 3.05. The highest BCUT2D eigenvalue weighted by Gasteiger charge is 2.34. The van der Waals surface area contributed by atoms with Crippen molar-refractivity contribution in [2.24, 2.45) is 11.3 Å². The second-order valence-electron chi connectivity index (χ2n) is 5.60. The maximum absolute atomic E-state index is 11.3. The topological polar surface area (TPSA) is 49.3 Å². The van der Waals surface area contributed by atoms with Crippen LogP contribution in [0.2, 0.25) is 0 Å². The molecule has 0 amide bonds. The molecule has 0 saturated heterocycles. The Bertz CT molecular complexity index is 245. The van der Waals surface area contributed by atoms with Crippen LogP contribution in [0.15, 0.2) is 0 Å². The summed E-state index contributed by atoms with van der Waals surface area (Å²) in [5, 5.41) is 12.7. The minimum Gasteiger partial charge on any atom is -0.481 e. The Hall–Kier alpha value is -0.570. The number of carbonyl (C=O) groups is 1. The maximum atomic E-state index is 11.3. The molecular formula is C14H27NO2. The Labute approximate surface area is 105 Å². The second-order valence-corrected chi connectivity index (χ2v) is 5.60. The molecule has 0 spiro atoms. The number of hydrogen-bond acceptors (Lipinski definition) is 2. The monoisotopic (exact) mass is 241 g/mol. The van der Waals surface area contributed by atoms with Crippen molar-refractivity contribution in [2.75, 3.05) is 6.54 Å². The third-order valence-electron chi connectivity index (χ3n) is 4.30. The van der Waals surface area contributed by atoms with Gasteiger partial charge < -0.3 is 10.4 Å². The van der Waals surface area contributed by atoms with E-state index >= 15 is 0 Å². The normalized spacial score (nSPS) is 18.1. The molecule has 17 heavy (non-hydrogen) atoms. The largest absolute Gasteiger partial charge is 0.481 e. The van der Waals surface area contributed by atoms with Crippen LogP contribution in [0.5, 0.6) is 0 Å². The molecule has 0 aromatic carbocycles. The minimum atomic E-state index is -0.663. The van der Waals surface area contributed by atoms with Gasteiger partial charge in [0.1, 0.15) is 0 Å². The van der Waals surface area contributed by atoms with Gasteiger partial charge in [0.25, 0.3) is 0 Å². The van der Waals surface area contributed by atoms with Gasteiger partial charge in [-0.05, 0) is 38.5 Å². The van der Waals surface area contributed by atoms with Crippen LogP contribution in [0.3, 0.4) is 0 Å². The average molecular weight is 241 g/mol. The number of carboxylic acid groups (broad SMARTS) is 1. The van der Waals surface area contributed by atoms with Gasteiger partial charge in [0, 0.05) is 12.6 Å². The zero-order valence-corrected chi connectivity index (χ0v) is 11.5. The molecular weight excluding hydrogens is 214 g/mol. The summed E-state index contributed by atoms with van der Waals surface area (Å²) in [6.45, 7) is 6.70. The SMILES string of the molecule is CCC(CC)(CNC(C)CCC1CC1)C(=O)O. The summed E-state index contributed by atoms with van der Waals surface area (Å²) in [7, 11) is 0. The standard InChI is InChI=1S/C14H27NO2/c1-4-14(5-2,13(16)17)10-15-11(3)6-7-12-8-9-12/h11-12,15H,4-10H2,1-3H3,(H,16,17). The summed E-state index contributed by atoms with van der Waals surface area (Å²) in [5.41, 5.74) is -0.576. The molecule has 0 heterocycles. The highest BCUT2D eigenvalue weighted by molar-refractivity contribution is 5.74. The van der Waals surface area contributed by atoms with Crippen molar-refractivity contribution in [3.8, 4) is 0 Å². The van der Waals surface area contributed by atoms with E-state index in [-0.39, 0.29) is 0 Å². The van der Waals surface area contributed by atoms with E-state index in [4.69, 9.17) is 0 Å². The summed E-state index contributed by atoms with van der Waals surface area (Å²) in [6, 6.07) is 0.437. The second kappa shape index (κ2) is 6.39. The average Bonchev–Trinajstić information content (AvgIpc) is 3.12. The first-order valence-corrected chi connectivity index (χ1v) is 7.01. The summed E-state index contributed by atoms with van der Waals surface area (Å²) < 4.78 is 0. The summed E-state index contributed by atoms with van der Waals surface area (Å²) in [6.07, 6.45) is 6.66. The Kier molecular flexibility index (Phi) is 5.44. The Morgan fingerprint density at radius 3 is 2.41 bits per heavy atom. The molecule has 0 aliphatic heterocycles. The van der Waals surface area contributed by atoms with Crippen LogP contribution >= 0.6 is 0 Å². The fraction of sp³-hybridized carbons (Fsp3) is 0.929. The molecule has 1 aliphatic carbocycles. The zero-order chi connectivity index (χ0) is 12.9. The van der Waals surface area contributed by atoms with Gasteiger partial charge in [0.15, 0.2) is 0 Å².